The molecule has 0 radical (unpaired) electrons. The van der Waals surface area contributed by atoms with E-state index in [1.165, 1.54) is 16.9 Å². The molecule has 3 aromatic rings. The molecule has 4 rings (SSSR count). The van der Waals surface area contributed by atoms with Crippen LogP contribution in [0.2, 0.25) is 5.02 Å². The number of nitrogens with zero attached hydrogens (tertiary/aromatic N) is 2. The Kier molecular flexibility index (Phi) is 6.49. The number of carbonyl (C=O) groups is 1. The van der Waals surface area contributed by atoms with Crippen molar-refractivity contribution in [2.24, 2.45) is 0 Å². The molecule has 1 amide bonds. The second kappa shape index (κ2) is 9.44. The topological polar surface area (TPSA) is 32.8 Å². The van der Waals surface area contributed by atoms with Gasteiger partial charge in [-0.25, -0.2) is 0 Å². The van der Waals surface area contributed by atoms with Crippen LogP contribution in [0.1, 0.15) is 20.8 Å². The summed E-state index contributed by atoms with van der Waals surface area (Å²) in [4.78, 5) is 18.0. The quantitative estimate of drug-likeness (QED) is 0.559. The lowest BCUT2D eigenvalue weighted by Gasteiger charge is -2.34. The zero-order valence-electron chi connectivity index (χ0n) is 16.1. The Morgan fingerprint density at radius 1 is 0.966 bits per heavy atom. The van der Waals surface area contributed by atoms with Gasteiger partial charge in [0.05, 0.1) is 4.88 Å². The molecule has 1 aliphatic rings. The largest absolute Gasteiger partial charge is 0.489 e. The van der Waals surface area contributed by atoms with Crippen LogP contribution in [0, 0.1) is 0 Å². The Morgan fingerprint density at radius 3 is 2.41 bits per heavy atom. The maximum atomic E-state index is 12.9. The number of piperazine rings is 1. The molecule has 2 heterocycles. The Bertz CT molecular complexity index is 935. The van der Waals surface area contributed by atoms with Gasteiger partial charge >= 0.3 is 0 Å². The van der Waals surface area contributed by atoms with E-state index < -0.39 is 0 Å². The summed E-state index contributed by atoms with van der Waals surface area (Å²) in [5.74, 6) is 0.954. The number of rotatable bonds is 6. The number of hydrogen-bond donors (Lipinski definition) is 0. The first-order valence-electron chi connectivity index (χ1n) is 9.69. The second-order valence-electron chi connectivity index (χ2n) is 7.12. The molecule has 4 nitrogen and oxygen atoms in total. The van der Waals surface area contributed by atoms with Gasteiger partial charge in [0.1, 0.15) is 12.4 Å². The van der Waals surface area contributed by atoms with E-state index in [0.29, 0.717) is 6.61 Å². The monoisotopic (exact) mass is 426 g/mol. The van der Waals surface area contributed by atoms with Crippen molar-refractivity contribution in [2.75, 3.05) is 26.2 Å². The molecule has 1 fully saturated rings. The minimum Gasteiger partial charge on any atom is -0.489 e. The molecule has 6 heteroatoms. The minimum absolute atomic E-state index is 0.118. The third-order valence-corrected chi connectivity index (χ3v) is 6.21. The molecule has 1 aliphatic heterocycles. The molecule has 2 aromatic carbocycles. The molecule has 0 aliphatic carbocycles. The fourth-order valence-electron chi connectivity index (χ4n) is 3.36. The summed E-state index contributed by atoms with van der Waals surface area (Å²) in [6.07, 6.45) is 0. The van der Waals surface area contributed by atoms with Crippen molar-refractivity contribution in [2.45, 2.75) is 13.2 Å². The zero-order valence-corrected chi connectivity index (χ0v) is 17.7. The Morgan fingerprint density at radius 2 is 1.69 bits per heavy atom. The number of benzene rings is 2. The van der Waals surface area contributed by atoms with Crippen LogP contribution in [0.15, 0.2) is 66.0 Å². The molecule has 0 atom stereocenters. The molecule has 150 valence electrons. The van der Waals surface area contributed by atoms with E-state index in [4.69, 9.17) is 16.3 Å². The molecule has 0 unspecified atom stereocenters. The van der Waals surface area contributed by atoms with Gasteiger partial charge < -0.3 is 9.64 Å². The van der Waals surface area contributed by atoms with Crippen molar-refractivity contribution < 1.29 is 9.53 Å². The fraction of sp³-hybridized carbons (Fsp3) is 0.261. The predicted molar refractivity (Wildman–Crippen MR) is 118 cm³/mol. The van der Waals surface area contributed by atoms with Crippen LogP contribution >= 0.6 is 22.9 Å². The maximum absolute atomic E-state index is 12.9. The van der Waals surface area contributed by atoms with Crippen LogP contribution in [-0.2, 0) is 13.2 Å². The van der Waals surface area contributed by atoms with Crippen molar-refractivity contribution in [3.05, 3.63) is 87.1 Å². The highest BCUT2D eigenvalue weighted by atomic mass is 35.5. The highest BCUT2D eigenvalue weighted by Gasteiger charge is 2.23. The number of ether oxygens (including phenoxy) is 1. The molecule has 1 aromatic heterocycles. The van der Waals surface area contributed by atoms with Crippen LogP contribution in [0.25, 0.3) is 0 Å². The highest BCUT2D eigenvalue weighted by Crippen LogP contribution is 2.20. The first-order valence-corrected chi connectivity index (χ1v) is 10.9. The lowest BCUT2D eigenvalue weighted by atomic mass is 10.2. The summed E-state index contributed by atoms with van der Waals surface area (Å²) in [6, 6.07) is 19.6. The minimum atomic E-state index is 0.118. The van der Waals surface area contributed by atoms with Crippen LogP contribution < -0.4 is 4.74 Å². The van der Waals surface area contributed by atoms with E-state index in [9.17, 15) is 4.79 Å². The third-order valence-electron chi connectivity index (χ3n) is 4.99. The van der Waals surface area contributed by atoms with Gasteiger partial charge in [-0.1, -0.05) is 41.9 Å². The van der Waals surface area contributed by atoms with Crippen molar-refractivity contribution in [1.82, 2.24) is 9.80 Å². The summed E-state index contributed by atoms with van der Waals surface area (Å²) in [6.45, 7) is 4.62. The smallest absolute Gasteiger partial charge is 0.264 e. The maximum Gasteiger partial charge on any atom is 0.264 e. The number of carbonyl (C=O) groups excluding carboxylic acids is 1. The third kappa shape index (κ3) is 5.38. The standard InChI is InChI=1S/C23H23ClN2O2S/c24-20-8-6-18(7-9-20)15-25-10-12-26(13-11-25)23(27)22-14-19(17-29-22)16-28-21-4-2-1-3-5-21/h1-9,14,17H,10-13,15-16H2. The molecular weight excluding hydrogens is 404 g/mol. The molecule has 29 heavy (non-hydrogen) atoms. The van der Waals surface area contributed by atoms with Crippen molar-refractivity contribution in [3.63, 3.8) is 0 Å². The summed E-state index contributed by atoms with van der Waals surface area (Å²) >= 11 is 7.45. The number of amides is 1. The number of para-hydroxylation sites is 1. The molecule has 1 saturated heterocycles. The summed E-state index contributed by atoms with van der Waals surface area (Å²) in [5, 5.41) is 2.76. The van der Waals surface area contributed by atoms with Gasteiger partial charge in [0.25, 0.3) is 5.91 Å². The van der Waals surface area contributed by atoms with E-state index >= 15 is 0 Å². The average Bonchev–Trinajstić information content (AvgIpc) is 3.24. The van der Waals surface area contributed by atoms with Gasteiger partial charge in [-0.3, -0.25) is 9.69 Å². The molecular formula is C23H23ClN2O2S. The average molecular weight is 427 g/mol. The first-order chi connectivity index (χ1) is 14.2. The molecule has 0 saturated carbocycles. The van der Waals surface area contributed by atoms with Gasteiger partial charge in [-0.05, 0) is 41.3 Å². The van der Waals surface area contributed by atoms with E-state index in [1.807, 2.05) is 58.8 Å². The van der Waals surface area contributed by atoms with Gasteiger partial charge in [0.2, 0.25) is 0 Å². The number of thiophene rings is 1. The van der Waals surface area contributed by atoms with Crippen LogP contribution in [0.4, 0.5) is 0 Å². The van der Waals surface area contributed by atoms with Gasteiger partial charge in [0.15, 0.2) is 0 Å². The highest BCUT2D eigenvalue weighted by molar-refractivity contribution is 7.12. The Balaban J connectivity index is 1.27. The van der Waals surface area contributed by atoms with Crippen molar-refractivity contribution >= 4 is 28.8 Å². The van der Waals surface area contributed by atoms with Gasteiger partial charge in [-0.2, -0.15) is 0 Å². The molecule has 0 bridgehead atoms. The SMILES string of the molecule is O=C(c1cc(COc2ccccc2)cs1)N1CCN(Cc2ccc(Cl)cc2)CC1. The summed E-state index contributed by atoms with van der Waals surface area (Å²) < 4.78 is 5.78. The normalized spacial score (nSPS) is 14.7. The van der Waals surface area contributed by atoms with Crippen LogP contribution in [0.5, 0.6) is 5.75 Å². The molecule has 0 spiro atoms. The van der Waals surface area contributed by atoms with Crippen LogP contribution in [-0.4, -0.2) is 41.9 Å². The second-order valence-corrected chi connectivity index (χ2v) is 8.46. The summed E-state index contributed by atoms with van der Waals surface area (Å²) in [7, 11) is 0. The fourth-order valence-corrected chi connectivity index (χ4v) is 4.35. The van der Waals surface area contributed by atoms with E-state index in [-0.39, 0.29) is 5.91 Å². The van der Waals surface area contributed by atoms with Gasteiger partial charge in [0, 0.05) is 43.3 Å². The number of hydrogen-bond acceptors (Lipinski definition) is 4. The number of halogens is 1. The van der Waals surface area contributed by atoms with E-state index in [2.05, 4.69) is 17.0 Å². The first kappa shape index (κ1) is 20.0. The lowest BCUT2D eigenvalue weighted by Crippen LogP contribution is -2.48. The van der Waals surface area contributed by atoms with Crippen molar-refractivity contribution in [1.29, 1.82) is 0 Å². The lowest BCUT2D eigenvalue weighted by molar-refractivity contribution is 0.0633. The molecule has 0 N–H and O–H groups in total. The zero-order chi connectivity index (χ0) is 20.1. The van der Waals surface area contributed by atoms with E-state index in [1.54, 1.807) is 0 Å². The summed E-state index contributed by atoms with van der Waals surface area (Å²) in [5.41, 5.74) is 2.28. The van der Waals surface area contributed by atoms with E-state index in [0.717, 1.165) is 53.9 Å². The van der Waals surface area contributed by atoms with Crippen LogP contribution in [0.3, 0.4) is 0 Å². The Labute approximate surface area is 180 Å². The van der Waals surface area contributed by atoms with Crippen molar-refractivity contribution in [3.8, 4) is 5.75 Å². The predicted octanol–water partition coefficient (Wildman–Crippen LogP) is 4.94. The Hall–Kier alpha value is -2.34. The van der Waals surface area contributed by atoms with Gasteiger partial charge in [-0.15, -0.1) is 11.3 Å².